The van der Waals surface area contributed by atoms with Crippen LogP contribution in [-0.4, -0.2) is 66.7 Å². The highest BCUT2D eigenvalue weighted by Gasteiger charge is 2.31. The smallest absolute Gasteiger partial charge is 0.224 e. The number of carbonyl (C=O) groups is 4. The second-order valence-electron chi connectivity index (χ2n) is 12.2. The van der Waals surface area contributed by atoms with E-state index in [0.717, 1.165) is 22.3 Å². The fourth-order valence-corrected chi connectivity index (χ4v) is 5.80. The Hall–Kier alpha value is -4.29. The number of phenolic OH excluding ortho intramolecular Hbond substituents is 1. The first-order valence-electron chi connectivity index (χ1n) is 16.3. The molecule has 0 radical (unpaired) electrons. The Balaban J connectivity index is 2.33. The van der Waals surface area contributed by atoms with Crippen molar-refractivity contribution in [3.05, 3.63) is 64.7 Å². The molecule has 0 aromatic heterocycles. The number of ketones is 2. The maximum absolute atomic E-state index is 14.0. The third-order valence-corrected chi connectivity index (χ3v) is 8.46. The fraction of sp³-hybridized carbons (Fsp3) is 0.514. The van der Waals surface area contributed by atoms with Gasteiger partial charge in [0.05, 0.1) is 12.1 Å². The van der Waals surface area contributed by atoms with Crippen molar-refractivity contribution in [1.29, 1.82) is 0 Å². The number of carbonyl (C=O) groups excluding carboxylic acids is 4. The number of nitrogens with two attached hydrogens (primary N) is 4. The number of hydrogen-bond acceptors (Lipinski definition) is 8. The first kappa shape index (κ1) is 38.9. The summed E-state index contributed by atoms with van der Waals surface area (Å²) in [5.41, 5.74) is 25.5. The number of rotatable bonds is 22. The van der Waals surface area contributed by atoms with E-state index in [1.807, 2.05) is 44.2 Å². The molecular weight excluding hydrogens is 598 g/mol. The van der Waals surface area contributed by atoms with E-state index in [0.29, 0.717) is 51.6 Å². The summed E-state index contributed by atoms with van der Waals surface area (Å²) in [6.07, 6.45) is 2.91. The standard InChI is InChI=1S/C35H53N7O5/c1-22-16-27(43)17-23(2)28(22)19-26(21-31(44)29(40-3)13-9-15-41-35(38)39)34(47)42-30(12-7-8-14-36)32(45)20-25(33(37)46)18-24-10-5-4-6-11-24/h4-6,10-11,16-17,25-26,29-30,40,43H,7-9,12-15,18-21,36H2,1-3H3,(H2,37,46)(H,42,47)(H4,38,39,41)/t25-,26-,29-,30+/m1/s1. The molecule has 2 amide bonds. The number of aryl methyl sites for hydroxylation is 2. The highest BCUT2D eigenvalue weighted by molar-refractivity contribution is 5.94. The average molecular weight is 652 g/mol. The molecule has 0 heterocycles. The molecule has 0 aliphatic heterocycles. The van der Waals surface area contributed by atoms with Crippen molar-refractivity contribution in [1.82, 2.24) is 10.6 Å². The van der Waals surface area contributed by atoms with Crippen molar-refractivity contribution in [3.8, 4) is 5.75 Å². The molecule has 258 valence electrons. The number of nitrogens with one attached hydrogen (secondary N) is 2. The number of phenols is 1. The summed E-state index contributed by atoms with van der Waals surface area (Å²) in [6, 6.07) is 11.1. The average Bonchev–Trinajstić information content (AvgIpc) is 3.01. The van der Waals surface area contributed by atoms with E-state index in [1.165, 1.54) is 0 Å². The van der Waals surface area contributed by atoms with Crippen LogP contribution in [0.5, 0.6) is 5.75 Å². The molecule has 47 heavy (non-hydrogen) atoms. The van der Waals surface area contributed by atoms with Crippen molar-refractivity contribution in [2.75, 3.05) is 20.1 Å². The molecule has 12 heteroatoms. The molecule has 11 N–H and O–H groups in total. The fourth-order valence-electron chi connectivity index (χ4n) is 5.80. The van der Waals surface area contributed by atoms with Crippen LogP contribution in [0, 0.1) is 25.7 Å². The number of amides is 2. The van der Waals surface area contributed by atoms with Gasteiger partial charge in [0, 0.05) is 31.2 Å². The Bertz CT molecular complexity index is 1340. The summed E-state index contributed by atoms with van der Waals surface area (Å²) in [4.78, 5) is 57.6. The lowest BCUT2D eigenvalue weighted by Crippen LogP contribution is -2.46. The molecule has 0 fully saturated rings. The maximum Gasteiger partial charge on any atom is 0.224 e. The first-order chi connectivity index (χ1) is 22.4. The van der Waals surface area contributed by atoms with Crippen LogP contribution in [0.15, 0.2) is 47.5 Å². The van der Waals surface area contributed by atoms with E-state index in [9.17, 15) is 24.3 Å². The number of aromatic hydroxyl groups is 1. The summed E-state index contributed by atoms with van der Waals surface area (Å²) in [7, 11) is 1.68. The Labute approximate surface area is 278 Å². The normalized spacial score (nSPS) is 13.6. The summed E-state index contributed by atoms with van der Waals surface area (Å²) in [5.74, 6) is -2.94. The monoisotopic (exact) mass is 651 g/mol. The van der Waals surface area contributed by atoms with E-state index in [4.69, 9.17) is 22.9 Å². The molecule has 0 aliphatic carbocycles. The lowest BCUT2D eigenvalue weighted by atomic mass is 9.86. The first-order valence-corrected chi connectivity index (χ1v) is 16.3. The van der Waals surface area contributed by atoms with E-state index in [-0.39, 0.29) is 42.5 Å². The molecule has 0 saturated carbocycles. The van der Waals surface area contributed by atoms with Crippen LogP contribution in [0.1, 0.15) is 67.2 Å². The molecule has 0 saturated heterocycles. The van der Waals surface area contributed by atoms with Gasteiger partial charge in [-0.15, -0.1) is 0 Å². The molecule has 2 rings (SSSR count). The Morgan fingerprint density at radius 3 is 2.00 bits per heavy atom. The van der Waals surface area contributed by atoms with Crippen LogP contribution >= 0.6 is 0 Å². The van der Waals surface area contributed by atoms with Crippen LogP contribution < -0.4 is 33.6 Å². The highest BCUT2D eigenvalue weighted by Crippen LogP contribution is 2.26. The lowest BCUT2D eigenvalue weighted by molar-refractivity contribution is -0.134. The second kappa shape index (κ2) is 20.1. The maximum atomic E-state index is 14.0. The molecule has 2 aromatic rings. The van der Waals surface area contributed by atoms with Gasteiger partial charge < -0.3 is 38.7 Å². The largest absolute Gasteiger partial charge is 0.508 e. The van der Waals surface area contributed by atoms with Crippen LogP contribution in [0.25, 0.3) is 0 Å². The topological polar surface area (TPSA) is 229 Å². The summed E-state index contributed by atoms with van der Waals surface area (Å²) >= 11 is 0. The van der Waals surface area contributed by atoms with Gasteiger partial charge in [-0.25, -0.2) is 0 Å². The number of benzene rings is 2. The molecule has 0 aliphatic rings. The van der Waals surface area contributed by atoms with E-state index >= 15 is 0 Å². The molecule has 2 aromatic carbocycles. The molecule has 0 bridgehead atoms. The minimum atomic E-state index is -0.883. The van der Waals surface area contributed by atoms with E-state index < -0.39 is 35.7 Å². The van der Waals surface area contributed by atoms with Crippen LogP contribution in [0.4, 0.5) is 0 Å². The number of likely N-dealkylation sites (N-methyl/N-ethyl adjacent to an activating group) is 1. The van der Waals surface area contributed by atoms with E-state index in [2.05, 4.69) is 15.6 Å². The summed E-state index contributed by atoms with van der Waals surface area (Å²) in [6.45, 7) is 4.48. The van der Waals surface area contributed by atoms with Gasteiger partial charge in [-0.05, 0) is 107 Å². The van der Waals surface area contributed by atoms with Gasteiger partial charge in [-0.2, -0.15) is 0 Å². The Morgan fingerprint density at radius 1 is 0.830 bits per heavy atom. The Kier molecular flexibility index (Phi) is 16.6. The molecule has 12 nitrogen and oxygen atoms in total. The number of unbranched alkanes of at least 4 members (excludes halogenated alkanes) is 1. The van der Waals surface area contributed by atoms with Gasteiger partial charge in [-0.1, -0.05) is 30.3 Å². The van der Waals surface area contributed by atoms with Gasteiger partial charge in [0.15, 0.2) is 17.5 Å². The van der Waals surface area contributed by atoms with Crippen molar-refractivity contribution >= 4 is 29.3 Å². The van der Waals surface area contributed by atoms with Gasteiger partial charge in [0.25, 0.3) is 0 Å². The second-order valence-corrected chi connectivity index (χ2v) is 12.2. The predicted octanol–water partition coefficient (Wildman–Crippen LogP) is 1.69. The summed E-state index contributed by atoms with van der Waals surface area (Å²) in [5, 5.41) is 16.1. The van der Waals surface area contributed by atoms with E-state index in [1.54, 1.807) is 19.2 Å². The number of guanidine groups is 1. The zero-order valence-electron chi connectivity index (χ0n) is 28.0. The van der Waals surface area contributed by atoms with Crippen molar-refractivity contribution in [2.45, 2.75) is 83.7 Å². The lowest BCUT2D eigenvalue weighted by Gasteiger charge is -2.25. The van der Waals surface area contributed by atoms with Crippen LogP contribution in [-0.2, 0) is 32.0 Å². The molecule has 4 atom stereocenters. The Morgan fingerprint density at radius 2 is 1.43 bits per heavy atom. The number of nitrogens with zero attached hydrogens (tertiary/aromatic N) is 1. The number of Topliss-reactive ketones (excluding diaryl/α,β-unsaturated/α-hetero) is 2. The zero-order valence-corrected chi connectivity index (χ0v) is 28.0. The third-order valence-electron chi connectivity index (χ3n) is 8.46. The number of primary amides is 1. The molecule has 0 spiro atoms. The van der Waals surface area contributed by atoms with Crippen LogP contribution in [0.3, 0.4) is 0 Å². The zero-order chi connectivity index (χ0) is 34.9. The van der Waals surface area contributed by atoms with Crippen molar-refractivity contribution in [3.63, 3.8) is 0 Å². The highest BCUT2D eigenvalue weighted by atomic mass is 16.3. The molecule has 0 unspecified atom stereocenters. The van der Waals surface area contributed by atoms with Crippen molar-refractivity contribution in [2.24, 2.45) is 39.8 Å². The minimum absolute atomic E-state index is 0.0218. The number of aliphatic imine (C=N–C) groups is 1. The van der Waals surface area contributed by atoms with Gasteiger partial charge in [-0.3, -0.25) is 24.2 Å². The van der Waals surface area contributed by atoms with Crippen molar-refractivity contribution < 1.29 is 24.3 Å². The molecular formula is C35H53N7O5. The summed E-state index contributed by atoms with van der Waals surface area (Å²) < 4.78 is 0. The van der Waals surface area contributed by atoms with Crippen LogP contribution in [0.2, 0.25) is 0 Å². The number of hydrogen-bond donors (Lipinski definition) is 7. The quantitative estimate of drug-likeness (QED) is 0.0557. The predicted molar refractivity (Wildman–Crippen MR) is 184 cm³/mol. The minimum Gasteiger partial charge on any atom is -0.508 e. The van der Waals surface area contributed by atoms with Gasteiger partial charge in [0.2, 0.25) is 11.8 Å². The third kappa shape index (κ3) is 13.5. The van der Waals surface area contributed by atoms with Gasteiger partial charge in [0.1, 0.15) is 5.75 Å². The van der Waals surface area contributed by atoms with Gasteiger partial charge >= 0.3 is 0 Å². The SMILES string of the molecule is CN[C@H](CCCN=C(N)N)C(=O)C[C@@H](Cc1c(C)cc(O)cc1C)C(=O)N[C@@H](CCCCN)C(=O)C[C@@H](Cc1ccccc1)C(N)=O.